The molecule has 3 aromatic rings. The predicted molar refractivity (Wildman–Crippen MR) is 105 cm³/mol. The Morgan fingerprint density at radius 2 is 2.04 bits per heavy atom. The van der Waals surface area contributed by atoms with Gasteiger partial charge in [-0.05, 0) is 49.6 Å². The van der Waals surface area contributed by atoms with Crippen molar-refractivity contribution in [1.29, 1.82) is 0 Å². The molecule has 5 heteroatoms. The Balaban J connectivity index is 1.65. The molecule has 0 aliphatic rings. The Morgan fingerprint density at radius 1 is 1.28 bits per heavy atom. The van der Waals surface area contributed by atoms with Gasteiger partial charge in [0.05, 0.1) is 16.3 Å². The number of carbonyl (C=O) groups is 1. The molecule has 0 saturated carbocycles. The minimum Gasteiger partial charge on any atom is -0.337 e. The van der Waals surface area contributed by atoms with E-state index in [-0.39, 0.29) is 11.9 Å². The average Bonchev–Trinajstić information content (AvgIpc) is 3.05. The number of para-hydroxylation sites is 1. The second-order valence-electron chi connectivity index (χ2n) is 6.28. The molecule has 25 heavy (non-hydrogen) atoms. The molecule has 0 aliphatic carbocycles. The lowest BCUT2D eigenvalue weighted by atomic mass is 10.1. The van der Waals surface area contributed by atoms with Gasteiger partial charge in [0.2, 0.25) is 5.91 Å². The molecule has 1 amide bonds. The standard InChI is InChI=1S/C20H21ClN2OS/c1-13-8-9-15(12-16(13)21)10-11-19(24)23(3)14(2)20-22-17-6-4-5-7-18(17)25-20/h4-9,12,14H,10-11H2,1-3H3. The van der Waals surface area contributed by atoms with E-state index in [9.17, 15) is 4.79 Å². The molecule has 0 saturated heterocycles. The van der Waals surface area contributed by atoms with Gasteiger partial charge in [-0.3, -0.25) is 4.79 Å². The summed E-state index contributed by atoms with van der Waals surface area (Å²) in [6.07, 6.45) is 1.15. The normalized spacial score (nSPS) is 12.3. The van der Waals surface area contributed by atoms with Crippen LogP contribution in [-0.4, -0.2) is 22.8 Å². The Hall–Kier alpha value is -1.91. The third kappa shape index (κ3) is 4.02. The lowest BCUT2D eigenvalue weighted by Gasteiger charge is -2.23. The van der Waals surface area contributed by atoms with Crippen molar-refractivity contribution in [3.05, 3.63) is 63.6 Å². The molecule has 3 rings (SSSR count). The van der Waals surface area contributed by atoms with Crippen LogP contribution in [0.4, 0.5) is 0 Å². The summed E-state index contributed by atoms with van der Waals surface area (Å²) in [5.41, 5.74) is 3.13. The number of amides is 1. The van der Waals surface area contributed by atoms with Gasteiger partial charge in [-0.15, -0.1) is 11.3 Å². The van der Waals surface area contributed by atoms with Crippen molar-refractivity contribution in [2.45, 2.75) is 32.7 Å². The molecule has 2 aromatic carbocycles. The number of carbonyl (C=O) groups excluding carboxylic acids is 1. The van der Waals surface area contributed by atoms with Gasteiger partial charge >= 0.3 is 0 Å². The topological polar surface area (TPSA) is 33.2 Å². The van der Waals surface area contributed by atoms with E-state index in [0.29, 0.717) is 12.8 Å². The SMILES string of the molecule is Cc1ccc(CCC(=O)N(C)C(C)c2nc3ccccc3s2)cc1Cl. The number of nitrogens with zero attached hydrogens (tertiary/aromatic N) is 2. The molecular formula is C20H21ClN2OS. The number of hydrogen-bond donors (Lipinski definition) is 0. The maximum Gasteiger partial charge on any atom is 0.223 e. The highest BCUT2D eigenvalue weighted by molar-refractivity contribution is 7.18. The van der Waals surface area contributed by atoms with Gasteiger partial charge in [0.1, 0.15) is 5.01 Å². The summed E-state index contributed by atoms with van der Waals surface area (Å²) in [5, 5.41) is 1.72. The van der Waals surface area contributed by atoms with E-state index in [4.69, 9.17) is 11.6 Å². The monoisotopic (exact) mass is 372 g/mol. The predicted octanol–water partition coefficient (Wildman–Crippen LogP) is 5.41. The Morgan fingerprint density at radius 3 is 2.76 bits per heavy atom. The van der Waals surface area contributed by atoms with Crippen LogP contribution in [0.25, 0.3) is 10.2 Å². The molecule has 0 aliphatic heterocycles. The van der Waals surface area contributed by atoms with Crippen LogP contribution in [0, 0.1) is 6.92 Å². The number of rotatable bonds is 5. The van der Waals surface area contributed by atoms with Crippen molar-refractivity contribution in [1.82, 2.24) is 9.88 Å². The first kappa shape index (κ1) is 17.9. The fourth-order valence-corrected chi connectivity index (χ4v) is 3.94. The summed E-state index contributed by atoms with van der Waals surface area (Å²) < 4.78 is 1.15. The quantitative estimate of drug-likeness (QED) is 0.599. The van der Waals surface area contributed by atoms with Crippen LogP contribution >= 0.6 is 22.9 Å². The molecule has 3 nitrogen and oxygen atoms in total. The summed E-state index contributed by atoms with van der Waals surface area (Å²) in [7, 11) is 1.85. The van der Waals surface area contributed by atoms with Crippen molar-refractivity contribution < 1.29 is 4.79 Å². The third-order valence-corrected chi connectivity index (χ3v) is 6.12. The zero-order valence-electron chi connectivity index (χ0n) is 14.6. The maximum absolute atomic E-state index is 12.6. The minimum absolute atomic E-state index is 0.0356. The summed E-state index contributed by atoms with van der Waals surface area (Å²) in [6, 6.07) is 14.0. The van der Waals surface area contributed by atoms with Crippen molar-refractivity contribution in [3.63, 3.8) is 0 Å². The van der Waals surface area contributed by atoms with Gasteiger partial charge < -0.3 is 4.90 Å². The minimum atomic E-state index is -0.0356. The molecule has 130 valence electrons. The van der Waals surface area contributed by atoms with Gasteiger partial charge in [0.15, 0.2) is 0 Å². The zero-order chi connectivity index (χ0) is 18.0. The number of aromatic nitrogens is 1. The van der Waals surface area contributed by atoms with Gasteiger partial charge in [-0.2, -0.15) is 0 Å². The van der Waals surface area contributed by atoms with Crippen LogP contribution in [0.1, 0.15) is 35.5 Å². The highest BCUT2D eigenvalue weighted by Crippen LogP contribution is 2.29. The molecule has 0 bridgehead atoms. The van der Waals surface area contributed by atoms with Crippen molar-refractivity contribution >= 4 is 39.1 Å². The molecular weight excluding hydrogens is 352 g/mol. The Labute approximate surface area is 157 Å². The third-order valence-electron chi connectivity index (χ3n) is 4.51. The fourth-order valence-electron chi connectivity index (χ4n) is 2.67. The van der Waals surface area contributed by atoms with E-state index >= 15 is 0 Å². The van der Waals surface area contributed by atoms with E-state index in [1.807, 2.05) is 57.3 Å². The second-order valence-corrected chi connectivity index (χ2v) is 7.75. The first-order valence-electron chi connectivity index (χ1n) is 8.32. The zero-order valence-corrected chi connectivity index (χ0v) is 16.2. The van der Waals surface area contributed by atoms with Crippen LogP contribution in [0.15, 0.2) is 42.5 Å². The Bertz CT molecular complexity index is 873. The van der Waals surface area contributed by atoms with Crippen LogP contribution in [-0.2, 0) is 11.2 Å². The number of hydrogen-bond acceptors (Lipinski definition) is 3. The number of halogens is 1. The van der Waals surface area contributed by atoms with Crippen LogP contribution in [0.5, 0.6) is 0 Å². The van der Waals surface area contributed by atoms with Crippen LogP contribution in [0.2, 0.25) is 5.02 Å². The van der Waals surface area contributed by atoms with Crippen molar-refractivity contribution in [2.24, 2.45) is 0 Å². The van der Waals surface area contributed by atoms with E-state index in [2.05, 4.69) is 11.1 Å². The van der Waals surface area contributed by atoms with Crippen molar-refractivity contribution in [2.75, 3.05) is 7.05 Å². The first-order valence-corrected chi connectivity index (χ1v) is 9.51. The lowest BCUT2D eigenvalue weighted by molar-refractivity contribution is -0.131. The molecule has 1 unspecified atom stereocenters. The van der Waals surface area contributed by atoms with E-state index in [1.54, 1.807) is 16.2 Å². The highest BCUT2D eigenvalue weighted by Gasteiger charge is 2.20. The van der Waals surface area contributed by atoms with Gasteiger partial charge in [-0.25, -0.2) is 4.98 Å². The summed E-state index contributed by atoms with van der Waals surface area (Å²) in [4.78, 5) is 19.0. The van der Waals surface area contributed by atoms with E-state index < -0.39 is 0 Å². The molecule has 1 aromatic heterocycles. The largest absolute Gasteiger partial charge is 0.337 e. The van der Waals surface area contributed by atoms with Gasteiger partial charge in [-0.1, -0.05) is 35.9 Å². The average molecular weight is 373 g/mol. The highest BCUT2D eigenvalue weighted by atomic mass is 35.5. The molecule has 0 radical (unpaired) electrons. The van der Waals surface area contributed by atoms with Crippen molar-refractivity contribution in [3.8, 4) is 0 Å². The molecule has 1 atom stereocenters. The lowest BCUT2D eigenvalue weighted by Crippen LogP contribution is -2.29. The van der Waals surface area contributed by atoms with E-state index in [0.717, 1.165) is 31.4 Å². The molecule has 1 heterocycles. The number of fused-ring (bicyclic) bond motifs is 1. The fraction of sp³-hybridized carbons (Fsp3) is 0.300. The smallest absolute Gasteiger partial charge is 0.223 e. The first-order chi connectivity index (χ1) is 12.0. The number of benzene rings is 2. The maximum atomic E-state index is 12.6. The van der Waals surface area contributed by atoms with Crippen LogP contribution in [0.3, 0.4) is 0 Å². The molecule has 0 spiro atoms. The molecule has 0 fully saturated rings. The summed E-state index contributed by atoms with van der Waals surface area (Å²) in [6.45, 7) is 4.00. The van der Waals surface area contributed by atoms with Crippen LogP contribution < -0.4 is 0 Å². The second kappa shape index (κ2) is 7.54. The number of aryl methyl sites for hydroxylation is 2. The Kier molecular flexibility index (Phi) is 5.40. The van der Waals surface area contributed by atoms with E-state index in [1.165, 1.54) is 0 Å². The number of thiazole rings is 1. The summed E-state index contributed by atoms with van der Waals surface area (Å²) >= 11 is 7.81. The summed E-state index contributed by atoms with van der Waals surface area (Å²) in [5.74, 6) is 0.114. The molecule has 0 N–H and O–H groups in total. The van der Waals surface area contributed by atoms with Gasteiger partial charge in [0, 0.05) is 18.5 Å². The van der Waals surface area contributed by atoms with Gasteiger partial charge in [0.25, 0.3) is 0 Å².